The summed E-state index contributed by atoms with van der Waals surface area (Å²) in [7, 11) is 0. The van der Waals surface area contributed by atoms with Crippen LogP contribution in [0.1, 0.15) is 80.3 Å². The summed E-state index contributed by atoms with van der Waals surface area (Å²) in [5.74, 6) is -0.620. The van der Waals surface area contributed by atoms with Gasteiger partial charge in [-0.2, -0.15) is 4.39 Å². The van der Waals surface area contributed by atoms with E-state index in [9.17, 15) is 14.3 Å². The molecule has 0 heterocycles. The van der Waals surface area contributed by atoms with Crippen molar-refractivity contribution in [2.24, 2.45) is 11.8 Å². The SMILES string of the molecule is CCCc1ccc(CCC2CCC(CC(=O)c3ccc(OCC)c(F)c3O)CC2)cc1. The van der Waals surface area contributed by atoms with Crippen molar-refractivity contribution in [3.63, 3.8) is 0 Å². The third kappa shape index (κ3) is 6.32. The first-order valence-electron chi connectivity index (χ1n) is 11.8. The van der Waals surface area contributed by atoms with Gasteiger partial charge < -0.3 is 9.84 Å². The number of phenolic OH excluding ortho intramolecular Hbond substituents is 1. The largest absolute Gasteiger partial charge is 0.504 e. The molecule has 0 amide bonds. The van der Waals surface area contributed by atoms with Gasteiger partial charge in [0.2, 0.25) is 5.82 Å². The first-order valence-corrected chi connectivity index (χ1v) is 11.8. The molecule has 0 bridgehead atoms. The van der Waals surface area contributed by atoms with Crippen molar-refractivity contribution >= 4 is 5.78 Å². The summed E-state index contributed by atoms with van der Waals surface area (Å²) in [6, 6.07) is 11.9. The zero-order valence-corrected chi connectivity index (χ0v) is 18.8. The number of ketones is 1. The molecule has 1 fully saturated rings. The number of benzene rings is 2. The van der Waals surface area contributed by atoms with Crippen LogP contribution >= 0.6 is 0 Å². The minimum Gasteiger partial charge on any atom is -0.504 e. The lowest BCUT2D eigenvalue weighted by Crippen LogP contribution is -2.18. The monoisotopic (exact) mass is 426 g/mol. The highest BCUT2D eigenvalue weighted by Crippen LogP contribution is 2.36. The molecule has 0 radical (unpaired) electrons. The number of hydrogen-bond donors (Lipinski definition) is 1. The molecule has 0 atom stereocenters. The third-order valence-electron chi connectivity index (χ3n) is 6.52. The Kier molecular flexibility index (Phi) is 8.51. The average molecular weight is 427 g/mol. The quantitative estimate of drug-likeness (QED) is 0.421. The fourth-order valence-corrected chi connectivity index (χ4v) is 4.67. The summed E-state index contributed by atoms with van der Waals surface area (Å²) in [6.45, 7) is 4.25. The molecule has 0 aromatic heterocycles. The predicted molar refractivity (Wildman–Crippen MR) is 122 cm³/mol. The van der Waals surface area contributed by atoms with E-state index < -0.39 is 11.6 Å². The normalized spacial score (nSPS) is 18.7. The minimum absolute atomic E-state index is 0.0166. The van der Waals surface area contributed by atoms with E-state index in [2.05, 4.69) is 31.2 Å². The van der Waals surface area contributed by atoms with E-state index in [0.29, 0.717) is 24.9 Å². The molecule has 2 aromatic rings. The Morgan fingerprint density at radius 3 is 2.19 bits per heavy atom. The maximum absolute atomic E-state index is 14.2. The molecule has 0 unspecified atom stereocenters. The molecule has 1 aliphatic rings. The Labute approximate surface area is 185 Å². The summed E-state index contributed by atoms with van der Waals surface area (Å²) in [5, 5.41) is 10.1. The van der Waals surface area contributed by atoms with Crippen LogP contribution in [-0.2, 0) is 12.8 Å². The van der Waals surface area contributed by atoms with Gasteiger partial charge in [-0.1, -0.05) is 50.5 Å². The van der Waals surface area contributed by atoms with Crippen LogP contribution in [-0.4, -0.2) is 17.5 Å². The Bertz CT molecular complexity index is 852. The van der Waals surface area contributed by atoms with Crippen LogP contribution in [0, 0.1) is 17.7 Å². The number of aromatic hydroxyl groups is 1. The highest BCUT2D eigenvalue weighted by Gasteiger charge is 2.25. The second kappa shape index (κ2) is 11.3. The molecule has 3 rings (SSSR count). The van der Waals surface area contributed by atoms with Crippen molar-refractivity contribution in [3.8, 4) is 11.5 Å². The topological polar surface area (TPSA) is 46.5 Å². The number of carbonyl (C=O) groups is 1. The van der Waals surface area contributed by atoms with Gasteiger partial charge in [-0.05, 0) is 74.1 Å². The van der Waals surface area contributed by atoms with E-state index in [-0.39, 0.29) is 17.1 Å². The van der Waals surface area contributed by atoms with Gasteiger partial charge in [0, 0.05) is 6.42 Å². The molecule has 0 spiro atoms. The zero-order chi connectivity index (χ0) is 22.2. The number of hydrogen-bond acceptors (Lipinski definition) is 3. The maximum atomic E-state index is 14.2. The van der Waals surface area contributed by atoms with E-state index in [1.54, 1.807) is 6.92 Å². The van der Waals surface area contributed by atoms with E-state index >= 15 is 0 Å². The highest BCUT2D eigenvalue weighted by molar-refractivity contribution is 5.99. The summed E-state index contributed by atoms with van der Waals surface area (Å²) in [4.78, 5) is 12.7. The number of ether oxygens (including phenoxy) is 1. The van der Waals surface area contributed by atoms with Gasteiger partial charge in [-0.25, -0.2) is 0 Å². The molecular formula is C27H35FO3. The second-order valence-corrected chi connectivity index (χ2v) is 8.83. The van der Waals surface area contributed by atoms with Gasteiger partial charge in [-0.15, -0.1) is 0 Å². The molecule has 4 heteroatoms. The summed E-state index contributed by atoms with van der Waals surface area (Å²) in [5.41, 5.74) is 2.88. The maximum Gasteiger partial charge on any atom is 0.207 e. The van der Waals surface area contributed by atoms with E-state index in [0.717, 1.165) is 38.5 Å². The second-order valence-electron chi connectivity index (χ2n) is 8.83. The Morgan fingerprint density at radius 1 is 0.968 bits per heavy atom. The van der Waals surface area contributed by atoms with Gasteiger partial charge in [-0.3, -0.25) is 4.79 Å². The molecule has 3 nitrogen and oxygen atoms in total. The van der Waals surface area contributed by atoms with Crippen molar-refractivity contribution in [1.82, 2.24) is 0 Å². The van der Waals surface area contributed by atoms with Crippen molar-refractivity contribution < 1.29 is 19.0 Å². The fraction of sp³-hybridized carbons (Fsp3) is 0.519. The van der Waals surface area contributed by atoms with Gasteiger partial charge in [0.1, 0.15) is 0 Å². The van der Waals surface area contributed by atoms with Crippen molar-refractivity contribution in [2.45, 2.75) is 71.6 Å². The molecule has 31 heavy (non-hydrogen) atoms. The first-order chi connectivity index (χ1) is 15.0. The van der Waals surface area contributed by atoms with E-state index in [1.165, 1.54) is 36.1 Å². The molecule has 0 aliphatic heterocycles. The van der Waals surface area contributed by atoms with Gasteiger partial charge in [0.05, 0.1) is 12.2 Å². The Hall–Kier alpha value is -2.36. The molecule has 1 saturated carbocycles. The number of phenols is 1. The number of aryl methyl sites for hydroxylation is 2. The number of halogens is 1. The fourth-order valence-electron chi connectivity index (χ4n) is 4.67. The van der Waals surface area contributed by atoms with Crippen molar-refractivity contribution in [1.29, 1.82) is 0 Å². The lowest BCUT2D eigenvalue weighted by Gasteiger charge is -2.28. The lowest BCUT2D eigenvalue weighted by atomic mass is 9.77. The molecular weight excluding hydrogens is 391 g/mol. The van der Waals surface area contributed by atoms with Crippen LogP contribution in [0.5, 0.6) is 11.5 Å². The minimum atomic E-state index is -0.848. The number of carbonyl (C=O) groups excluding carboxylic acids is 1. The third-order valence-corrected chi connectivity index (χ3v) is 6.52. The van der Waals surface area contributed by atoms with Gasteiger partial charge in [0.25, 0.3) is 0 Å². The molecule has 1 N–H and O–H groups in total. The van der Waals surface area contributed by atoms with Crippen LogP contribution in [0.3, 0.4) is 0 Å². The Balaban J connectivity index is 1.45. The van der Waals surface area contributed by atoms with Crippen molar-refractivity contribution in [2.75, 3.05) is 6.61 Å². The lowest BCUT2D eigenvalue weighted by molar-refractivity contribution is 0.0938. The molecule has 1 aliphatic carbocycles. The number of Topliss-reactive ketones (excluding diaryl/α,β-unsaturated/α-hetero) is 1. The number of rotatable bonds is 10. The molecule has 168 valence electrons. The van der Waals surface area contributed by atoms with Crippen LogP contribution in [0.25, 0.3) is 0 Å². The first kappa shape index (κ1) is 23.3. The summed E-state index contributed by atoms with van der Waals surface area (Å²) < 4.78 is 19.3. The predicted octanol–water partition coefficient (Wildman–Crippen LogP) is 6.89. The Morgan fingerprint density at radius 2 is 1.58 bits per heavy atom. The summed E-state index contributed by atoms with van der Waals surface area (Å²) in [6.07, 6.45) is 9.30. The van der Waals surface area contributed by atoms with Gasteiger partial charge >= 0.3 is 0 Å². The highest BCUT2D eigenvalue weighted by atomic mass is 19.1. The van der Waals surface area contributed by atoms with Crippen molar-refractivity contribution in [3.05, 3.63) is 58.9 Å². The smallest absolute Gasteiger partial charge is 0.207 e. The van der Waals surface area contributed by atoms with E-state index in [1.807, 2.05) is 0 Å². The van der Waals surface area contributed by atoms with Crippen LogP contribution in [0.15, 0.2) is 36.4 Å². The average Bonchev–Trinajstić information content (AvgIpc) is 2.78. The van der Waals surface area contributed by atoms with Gasteiger partial charge in [0.15, 0.2) is 17.3 Å². The van der Waals surface area contributed by atoms with E-state index in [4.69, 9.17) is 4.74 Å². The standard InChI is InChI=1S/C27H35FO3/c1-3-5-19-6-8-20(9-7-19)10-11-21-12-14-22(15-13-21)18-24(29)23-16-17-25(31-4-2)26(28)27(23)30/h6-9,16-17,21-22,30H,3-5,10-15,18H2,1-2H3. The molecule has 0 saturated heterocycles. The summed E-state index contributed by atoms with van der Waals surface area (Å²) >= 11 is 0. The van der Waals surface area contributed by atoms with Crippen LogP contribution in [0.2, 0.25) is 0 Å². The van der Waals surface area contributed by atoms with Crippen LogP contribution < -0.4 is 4.74 Å². The molecule has 2 aromatic carbocycles. The zero-order valence-electron chi connectivity index (χ0n) is 18.8. The van der Waals surface area contributed by atoms with Crippen LogP contribution in [0.4, 0.5) is 4.39 Å².